The molecule has 0 spiro atoms. The van der Waals surface area contributed by atoms with Gasteiger partial charge in [-0.15, -0.1) is 0 Å². The maximum atomic E-state index is 12.4. The Kier molecular flexibility index (Phi) is 5.64. The van der Waals surface area contributed by atoms with E-state index in [1.165, 1.54) is 6.42 Å². The molecule has 0 bridgehead atoms. The van der Waals surface area contributed by atoms with Gasteiger partial charge in [-0.1, -0.05) is 6.92 Å². The van der Waals surface area contributed by atoms with E-state index in [9.17, 15) is 4.79 Å². The molecular weight excluding hydrogens is 240 g/mol. The number of nitrogens with two attached hydrogens (primary N) is 1. The Hall–Kier alpha value is -0.610. The van der Waals surface area contributed by atoms with Crippen molar-refractivity contribution >= 4 is 5.91 Å². The van der Waals surface area contributed by atoms with Gasteiger partial charge in [-0.05, 0) is 43.9 Å². The zero-order chi connectivity index (χ0) is 13.7. The predicted molar refractivity (Wildman–Crippen MR) is 75.7 cm³/mol. The first-order chi connectivity index (χ1) is 9.22. The van der Waals surface area contributed by atoms with Gasteiger partial charge in [0, 0.05) is 38.8 Å². The van der Waals surface area contributed by atoms with Crippen LogP contribution in [0.25, 0.3) is 0 Å². The smallest absolute Gasteiger partial charge is 0.222 e. The number of carbonyl (C=O) groups is 1. The van der Waals surface area contributed by atoms with Crippen LogP contribution in [-0.2, 0) is 9.53 Å². The molecule has 2 heterocycles. The number of amides is 1. The van der Waals surface area contributed by atoms with E-state index in [4.69, 9.17) is 10.5 Å². The lowest BCUT2D eigenvalue weighted by Gasteiger charge is -2.39. The Morgan fingerprint density at radius 3 is 2.74 bits per heavy atom. The highest BCUT2D eigenvalue weighted by Gasteiger charge is 2.30. The molecule has 2 rings (SSSR count). The van der Waals surface area contributed by atoms with Crippen LogP contribution in [0.3, 0.4) is 0 Å². The van der Waals surface area contributed by atoms with Crippen molar-refractivity contribution in [2.75, 3.05) is 26.3 Å². The average Bonchev–Trinajstić information content (AvgIpc) is 2.45. The van der Waals surface area contributed by atoms with Crippen LogP contribution >= 0.6 is 0 Å². The summed E-state index contributed by atoms with van der Waals surface area (Å²) in [6, 6.07) is 0.260. The lowest BCUT2D eigenvalue weighted by Crippen LogP contribution is -2.51. The normalized spacial score (nSPS) is 29.5. The molecule has 1 amide bonds. The van der Waals surface area contributed by atoms with E-state index < -0.39 is 0 Å². The molecular formula is C15H28N2O2. The highest BCUT2D eigenvalue weighted by atomic mass is 16.5. The minimum absolute atomic E-state index is 0.260. The third-order valence-electron chi connectivity index (χ3n) is 4.78. The summed E-state index contributed by atoms with van der Waals surface area (Å²) in [7, 11) is 0. The highest BCUT2D eigenvalue weighted by molar-refractivity contribution is 5.76. The molecule has 0 radical (unpaired) electrons. The maximum absolute atomic E-state index is 12.4. The van der Waals surface area contributed by atoms with Gasteiger partial charge in [-0.25, -0.2) is 0 Å². The summed E-state index contributed by atoms with van der Waals surface area (Å²) in [6.45, 7) is 5.45. The number of likely N-dealkylation sites (tertiary alicyclic amines) is 1. The Morgan fingerprint density at radius 2 is 2.05 bits per heavy atom. The predicted octanol–water partition coefficient (Wildman–Crippen LogP) is 1.78. The number of hydrogen-bond donors (Lipinski definition) is 1. The van der Waals surface area contributed by atoms with Crippen LogP contribution in [-0.4, -0.2) is 43.2 Å². The van der Waals surface area contributed by atoms with Gasteiger partial charge in [-0.3, -0.25) is 4.79 Å². The minimum atomic E-state index is 0.260. The molecule has 0 unspecified atom stereocenters. The summed E-state index contributed by atoms with van der Waals surface area (Å²) in [5.41, 5.74) is 5.85. The fraction of sp³-hybridized carbons (Fsp3) is 0.933. The standard InChI is InChI=1S/C15H28N2O2/c1-12-3-2-8-17(14(12)11-16)15(18)5-4-13-6-9-19-10-7-13/h12-14H,2-11,16H2,1H3/t12-,14-/m1/s1. The van der Waals surface area contributed by atoms with Crippen LogP contribution in [0.1, 0.15) is 45.4 Å². The van der Waals surface area contributed by atoms with E-state index >= 15 is 0 Å². The van der Waals surface area contributed by atoms with E-state index in [0.29, 0.717) is 30.7 Å². The summed E-state index contributed by atoms with van der Waals surface area (Å²) in [5.74, 6) is 1.54. The molecule has 2 N–H and O–H groups in total. The second kappa shape index (κ2) is 7.25. The number of piperidine rings is 1. The molecule has 0 aromatic rings. The van der Waals surface area contributed by atoms with E-state index in [2.05, 4.69) is 6.92 Å². The topological polar surface area (TPSA) is 55.6 Å². The van der Waals surface area contributed by atoms with Crippen molar-refractivity contribution in [3.8, 4) is 0 Å². The molecule has 0 aliphatic carbocycles. The SMILES string of the molecule is C[C@@H]1CCCN(C(=O)CCC2CCOCC2)[C@@H]1CN. The van der Waals surface area contributed by atoms with Crippen LogP contribution in [0.15, 0.2) is 0 Å². The second-order valence-electron chi connectivity index (χ2n) is 6.10. The summed E-state index contributed by atoms with van der Waals surface area (Å²) in [4.78, 5) is 14.4. The van der Waals surface area contributed by atoms with Crippen LogP contribution in [0.5, 0.6) is 0 Å². The molecule has 0 saturated carbocycles. The van der Waals surface area contributed by atoms with Gasteiger partial charge in [-0.2, -0.15) is 0 Å². The van der Waals surface area contributed by atoms with Crippen LogP contribution in [0, 0.1) is 11.8 Å². The largest absolute Gasteiger partial charge is 0.381 e. The van der Waals surface area contributed by atoms with Crippen molar-refractivity contribution in [3.05, 3.63) is 0 Å². The van der Waals surface area contributed by atoms with E-state index in [-0.39, 0.29) is 6.04 Å². The van der Waals surface area contributed by atoms with Crippen LogP contribution < -0.4 is 5.73 Å². The monoisotopic (exact) mass is 268 g/mol. The quantitative estimate of drug-likeness (QED) is 0.845. The Morgan fingerprint density at radius 1 is 1.32 bits per heavy atom. The molecule has 4 heteroatoms. The van der Waals surface area contributed by atoms with Crippen molar-refractivity contribution in [1.29, 1.82) is 0 Å². The summed E-state index contributed by atoms with van der Waals surface area (Å²) in [6.07, 6.45) is 6.26. The van der Waals surface area contributed by atoms with Gasteiger partial charge < -0.3 is 15.4 Å². The zero-order valence-electron chi connectivity index (χ0n) is 12.1. The molecule has 110 valence electrons. The first-order valence-corrected chi connectivity index (χ1v) is 7.79. The molecule has 0 aromatic carbocycles. The number of rotatable bonds is 4. The van der Waals surface area contributed by atoms with Gasteiger partial charge in [0.05, 0.1) is 0 Å². The number of nitrogens with zero attached hydrogens (tertiary/aromatic N) is 1. The van der Waals surface area contributed by atoms with E-state index in [1.54, 1.807) is 0 Å². The fourth-order valence-corrected chi connectivity index (χ4v) is 3.42. The van der Waals surface area contributed by atoms with E-state index in [1.807, 2.05) is 4.90 Å². The summed E-state index contributed by atoms with van der Waals surface area (Å²) in [5, 5.41) is 0. The van der Waals surface area contributed by atoms with Gasteiger partial charge >= 0.3 is 0 Å². The summed E-state index contributed by atoms with van der Waals surface area (Å²) < 4.78 is 5.36. The number of ether oxygens (including phenoxy) is 1. The third kappa shape index (κ3) is 3.93. The highest BCUT2D eigenvalue weighted by Crippen LogP contribution is 2.25. The average molecular weight is 268 g/mol. The van der Waals surface area contributed by atoms with Crippen LogP contribution in [0.2, 0.25) is 0 Å². The molecule has 2 atom stereocenters. The van der Waals surface area contributed by atoms with Crippen molar-refractivity contribution in [3.63, 3.8) is 0 Å². The van der Waals surface area contributed by atoms with Gasteiger partial charge in [0.15, 0.2) is 0 Å². The Labute approximate surface area is 116 Å². The minimum Gasteiger partial charge on any atom is -0.381 e. The van der Waals surface area contributed by atoms with Crippen LogP contribution in [0.4, 0.5) is 0 Å². The van der Waals surface area contributed by atoms with Gasteiger partial charge in [0.1, 0.15) is 0 Å². The molecule has 0 aromatic heterocycles. The zero-order valence-corrected chi connectivity index (χ0v) is 12.1. The summed E-state index contributed by atoms with van der Waals surface area (Å²) >= 11 is 0. The van der Waals surface area contributed by atoms with Gasteiger partial charge in [0.25, 0.3) is 0 Å². The first-order valence-electron chi connectivity index (χ1n) is 7.79. The first kappa shape index (κ1) is 14.8. The number of carbonyl (C=O) groups excluding carboxylic acids is 1. The number of hydrogen-bond acceptors (Lipinski definition) is 3. The van der Waals surface area contributed by atoms with E-state index in [0.717, 1.165) is 45.4 Å². The Balaban J connectivity index is 1.80. The molecule has 2 saturated heterocycles. The third-order valence-corrected chi connectivity index (χ3v) is 4.78. The lowest BCUT2D eigenvalue weighted by atomic mass is 9.89. The second-order valence-corrected chi connectivity index (χ2v) is 6.10. The van der Waals surface area contributed by atoms with Crippen molar-refractivity contribution in [2.45, 2.75) is 51.5 Å². The maximum Gasteiger partial charge on any atom is 0.222 e. The van der Waals surface area contributed by atoms with Crippen molar-refractivity contribution < 1.29 is 9.53 Å². The van der Waals surface area contributed by atoms with Crippen molar-refractivity contribution in [2.24, 2.45) is 17.6 Å². The van der Waals surface area contributed by atoms with Crippen molar-refractivity contribution in [1.82, 2.24) is 4.90 Å². The van der Waals surface area contributed by atoms with Gasteiger partial charge in [0.2, 0.25) is 5.91 Å². The lowest BCUT2D eigenvalue weighted by molar-refractivity contribution is -0.136. The molecule has 2 aliphatic rings. The molecule has 2 fully saturated rings. The fourth-order valence-electron chi connectivity index (χ4n) is 3.42. The molecule has 19 heavy (non-hydrogen) atoms. The Bertz CT molecular complexity index is 290. The molecule has 4 nitrogen and oxygen atoms in total. The molecule has 2 aliphatic heterocycles.